The number of ether oxygens (including phenoxy) is 2. The lowest BCUT2D eigenvalue weighted by Crippen LogP contribution is -2.41. The molecule has 1 saturated carbocycles. The Labute approximate surface area is 153 Å². The number of esters is 1. The summed E-state index contributed by atoms with van der Waals surface area (Å²) in [5.41, 5.74) is 0.380. The smallest absolute Gasteiger partial charge is 0.325 e. The maximum absolute atomic E-state index is 12.1. The van der Waals surface area contributed by atoms with Gasteiger partial charge in [0.25, 0.3) is 11.8 Å². The van der Waals surface area contributed by atoms with Crippen LogP contribution in [0.4, 0.5) is 0 Å². The van der Waals surface area contributed by atoms with E-state index in [1.54, 1.807) is 36.2 Å². The summed E-state index contributed by atoms with van der Waals surface area (Å²) in [6, 6.07) is 6.82. The molecular formula is C19H26N2O5. The highest BCUT2D eigenvalue weighted by atomic mass is 16.5. The van der Waals surface area contributed by atoms with E-state index in [-0.39, 0.29) is 25.1 Å². The van der Waals surface area contributed by atoms with Crippen molar-refractivity contribution in [2.45, 2.75) is 38.1 Å². The molecule has 0 saturated heterocycles. The average Bonchev–Trinajstić information content (AvgIpc) is 2.70. The minimum atomic E-state index is -0.647. The number of nitrogens with zero attached hydrogens (tertiary/aromatic N) is 1. The summed E-state index contributed by atoms with van der Waals surface area (Å²) in [6.45, 7) is -0.600. The predicted octanol–water partition coefficient (Wildman–Crippen LogP) is 1.76. The van der Waals surface area contributed by atoms with Gasteiger partial charge < -0.3 is 19.7 Å². The van der Waals surface area contributed by atoms with Gasteiger partial charge in [0.2, 0.25) is 0 Å². The molecule has 0 atom stereocenters. The number of rotatable bonds is 7. The monoisotopic (exact) mass is 362 g/mol. The van der Waals surface area contributed by atoms with Crippen LogP contribution in [0.1, 0.15) is 42.5 Å². The fraction of sp³-hybridized carbons (Fsp3) is 0.526. The molecule has 1 aliphatic rings. The van der Waals surface area contributed by atoms with Crippen molar-refractivity contribution in [1.29, 1.82) is 0 Å². The number of nitrogens with one attached hydrogen (secondary N) is 1. The van der Waals surface area contributed by atoms with Gasteiger partial charge >= 0.3 is 5.97 Å². The number of likely N-dealkylation sites (N-methyl/N-ethyl adjacent to an activating group) is 1. The molecule has 0 heterocycles. The van der Waals surface area contributed by atoms with Crippen molar-refractivity contribution in [2.24, 2.45) is 0 Å². The first kappa shape index (κ1) is 19.8. The zero-order chi connectivity index (χ0) is 18.9. The van der Waals surface area contributed by atoms with Gasteiger partial charge in [-0.15, -0.1) is 0 Å². The van der Waals surface area contributed by atoms with Crippen LogP contribution in [-0.4, -0.2) is 56.0 Å². The van der Waals surface area contributed by atoms with Gasteiger partial charge in [0.15, 0.2) is 6.61 Å². The van der Waals surface area contributed by atoms with Crippen molar-refractivity contribution in [3.63, 3.8) is 0 Å². The van der Waals surface area contributed by atoms with E-state index in [1.165, 1.54) is 13.5 Å². The van der Waals surface area contributed by atoms with Crippen molar-refractivity contribution >= 4 is 17.8 Å². The van der Waals surface area contributed by atoms with Crippen LogP contribution in [0.5, 0.6) is 5.75 Å². The third-order valence-electron chi connectivity index (χ3n) is 4.60. The molecule has 1 N–H and O–H groups in total. The van der Waals surface area contributed by atoms with Gasteiger partial charge in [-0.1, -0.05) is 25.3 Å². The Bertz CT molecular complexity index is 641. The van der Waals surface area contributed by atoms with Crippen LogP contribution in [0.2, 0.25) is 0 Å². The largest absolute Gasteiger partial charge is 0.497 e. The van der Waals surface area contributed by atoms with Crippen molar-refractivity contribution in [3.8, 4) is 5.75 Å². The molecule has 1 aliphatic carbocycles. The van der Waals surface area contributed by atoms with E-state index in [2.05, 4.69) is 5.32 Å². The standard InChI is InChI=1S/C19H26N2O5/c1-21(15-8-4-3-5-9-15)17(22)13-26-18(23)12-20-19(24)14-7-6-10-16(11-14)25-2/h6-7,10-11,15H,3-5,8-9,12-13H2,1-2H3,(H,20,24). The minimum absolute atomic E-state index is 0.218. The number of amides is 2. The molecule has 7 nitrogen and oxygen atoms in total. The van der Waals surface area contributed by atoms with Gasteiger partial charge in [0.05, 0.1) is 7.11 Å². The average molecular weight is 362 g/mol. The normalized spacial score (nSPS) is 14.4. The summed E-state index contributed by atoms with van der Waals surface area (Å²) >= 11 is 0. The van der Waals surface area contributed by atoms with Crippen LogP contribution in [0, 0.1) is 0 Å². The summed E-state index contributed by atoms with van der Waals surface area (Å²) in [5.74, 6) is -0.723. The van der Waals surface area contributed by atoms with Crippen LogP contribution in [0.15, 0.2) is 24.3 Å². The van der Waals surface area contributed by atoms with E-state index < -0.39 is 11.9 Å². The molecule has 0 bridgehead atoms. The Morgan fingerprint density at radius 1 is 1.19 bits per heavy atom. The zero-order valence-electron chi connectivity index (χ0n) is 15.3. The second kappa shape index (κ2) is 9.79. The minimum Gasteiger partial charge on any atom is -0.497 e. The Morgan fingerprint density at radius 2 is 1.92 bits per heavy atom. The Morgan fingerprint density at radius 3 is 2.62 bits per heavy atom. The van der Waals surface area contributed by atoms with Crippen LogP contribution in [0.25, 0.3) is 0 Å². The van der Waals surface area contributed by atoms with E-state index >= 15 is 0 Å². The van der Waals surface area contributed by atoms with Gasteiger partial charge in [-0.2, -0.15) is 0 Å². The van der Waals surface area contributed by atoms with Crippen LogP contribution >= 0.6 is 0 Å². The molecule has 0 unspecified atom stereocenters. The molecule has 142 valence electrons. The SMILES string of the molecule is COc1cccc(C(=O)NCC(=O)OCC(=O)N(C)C2CCCCC2)c1. The highest BCUT2D eigenvalue weighted by Gasteiger charge is 2.22. The van der Waals surface area contributed by atoms with E-state index in [0.29, 0.717) is 11.3 Å². The first-order chi connectivity index (χ1) is 12.5. The highest BCUT2D eigenvalue weighted by Crippen LogP contribution is 2.21. The quantitative estimate of drug-likeness (QED) is 0.747. The summed E-state index contributed by atoms with van der Waals surface area (Å²) in [7, 11) is 3.26. The molecular weight excluding hydrogens is 336 g/mol. The molecule has 0 spiro atoms. The van der Waals surface area contributed by atoms with Crippen molar-refractivity contribution in [3.05, 3.63) is 29.8 Å². The molecule has 1 fully saturated rings. The third-order valence-corrected chi connectivity index (χ3v) is 4.60. The number of carbonyl (C=O) groups excluding carboxylic acids is 3. The lowest BCUT2D eigenvalue weighted by molar-refractivity contribution is -0.151. The van der Waals surface area contributed by atoms with E-state index in [1.807, 2.05) is 0 Å². The fourth-order valence-electron chi connectivity index (χ4n) is 2.99. The molecule has 1 aromatic carbocycles. The van der Waals surface area contributed by atoms with Gasteiger partial charge in [-0.3, -0.25) is 14.4 Å². The van der Waals surface area contributed by atoms with Crippen LogP contribution in [-0.2, 0) is 14.3 Å². The molecule has 2 rings (SSSR count). The lowest BCUT2D eigenvalue weighted by atomic mass is 9.94. The van der Waals surface area contributed by atoms with E-state index in [0.717, 1.165) is 25.7 Å². The molecule has 1 aromatic rings. The second-order valence-corrected chi connectivity index (χ2v) is 6.37. The first-order valence-corrected chi connectivity index (χ1v) is 8.85. The topological polar surface area (TPSA) is 84.9 Å². The van der Waals surface area contributed by atoms with Gasteiger partial charge in [-0.05, 0) is 31.0 Å². The molecule has 26 heavy (non-hydrogen) atoms. The van der Waals surface area contributed by atoms with Gasteiger partial charge in [0.1, 0.15) is 12.3 Å². The molecule has 2 amide bonds. The van der Waals surface area contributed by atoms with Crippen molar-refractivity contribution in [2.75, 3.05) is 27.3 Å². The zero-order valence-corrected chi connectivity index (χ0v) is 15.3. The third kappa shape index (κ3) is 5.75. The molecule has 0 aromatic heterocycles. The summed E-state index contributed by atoms with van der Waals surface area (Å²) in [4.78, 5) is 37.6. The maximum Gasteiger partial charge on any atom is 0.325 e. The number of methoxy groups -OCH3 is 1. The fourth-order valence-corrected chi connectivity index (χ4v) is 2.99. The summed E-state index contributed by atoms with van der Waals surface area (Å²) < 4.78 is 10.0. The number of benzene rings is 1. The highest BCUT2D eigenvalue weighted by molar-refractivity contribution is 5.96. The molecule has 0 aliphatic heterocycles. The van der Waals surface area contributed by atoms with E-state index in [4.69, 9.17) is 9.47 Å². The molecule has 0 radical (unpaired) electrons. The van der Waals surface area contributed by atoms with Gasteiger partial charge in [-0.25, -0.2) is 0 Å². The molecule has 7 heteroatoms. The first-order valence-electron chi connectivity index (χ1n) is 8.85. The van der Waals surface area contributed by atoms with Crippen LogP contribution < -0.4 is 10.1 Å². The second-order valence-electron chi connectivity index (χ2n) is 6.37. The number of carbonyl (C=O) groups is 3. The summed E-state index contributed by atoms with van der Waals surface area (Å²) in [6.07, 6.45) is 5.44. The van der Waals surface area contributed by atoms with Crippen molar-refractivity contribution in [1.82, 2.24) is 10.2 Å². The Kier molecular flexibility index (Phi) is 7.44. The predicted molar refractivity (Wildman–Crippen MR) is 95.9 cm³/mol. The van der Waals surface area contributed by atoms with Crippen LogP contribution in [0.3, 0.4) is 0 Å². The number of hydrogen-bond acceptors (Lipinski definition) is 5. The maximum atomic E-state index is 12.1. The van der Waals surface area contributed by atoms with E-state index in [9.17, 15) is 14.4 Å². The number of hydrogen-bond donors (Lipinski definition) is 1. The van der Waals surface area contributed by atoms with Gasteiger partial charge in [0, 0.05) is 18.7 Å². The Hall–Kier alpha value is -2.57. The summed E-state index contributed by atoms with van der Waals surface area (Å²) in [5, 5.41) is 2.47. The lowest BCUT2D eigenvalue weighted by Gasteiger charge is -2.31. The van der Waals surface area contributed by atoms with Crippen molar-refractivity contribution < 1.29 is 23.9 Å². The Balaban J connectivity index is 1.72.